The summed E-state index contributed by atoms with van der Waals surface area (Å²) in [6.45, 7) is 0.442. The van der Waals surface area contributed by atoms with E-state index in [0.717, 1.165) is 31.2 Å². The first-order chi connectivity index (χ1) is 14.1. The predicted molar refractivity (Wildman–Crippen MR) is 118 cm³/mol. The molecule has 150 valence electrons. The molecule has 1 saturated carbocycles. The number of carbonyl (C=O) groups is 1. The summed E-state index contributed by atoms with van der Waals surface area (Å²) in [5.41, 5.74) is 1.65. The van der Waals surface area contributed by atoms with Gasteiger partial charge in [0.2, 0.25) is 5.91 Å². The second-order valence-corrected chi connectivity index (χ2v) is 8.60. The van der Waals surface area contributed by atoms with Crippen LogP contribution in [0.15, 0.2) is 58.5 Å². The van der Waals surface area contributed by atoms with Gasteiger partial charge in [0.1, 0.15) is 0 Å². The lowest BCUT2D eigenvalue weighted by Gasteiger charge is -2.18. The van der Waals surface area contributed by atoms with E-state index in [4.69, 9.17) is 16.6 Å². The number of hydrogen-bond donors (Lipinski definition) is 1. The van der Waals surface area contributed by atoms with Gasteiger partial charge in [0.05, 0.1) is 16.7 Å². The van der Waals surface area contributed by atoms with E-state index in [1.165, 1.54) is 11.8 Å². The molecule has 1 heterocycles. The molecule has 0 saturated heterocycles. The van der Waals surface area contributed by atoms with Crippen LogP contribution in [-0.2, 0) is 11.3 Å². The van der Waals surface area contributed by atoms with Gasteiger partial charge >= 0.3 is 0 Å². The second kappa shape index (κ2) is 9.01. The molecule has 0 aliphatic heterocycles. The maximum absolute atomic E-state index is 13.1. The van der Waals surface area contributed by atoms with Crippen LogP contribution in [0.4, 0.5) is 0 Å². The Kier molecular flexibility index (Phi) is 6.21. The molecule has 1 aliphatic carbocycles. The van der Waals surface area contributed by atoms with Crippen LogP contribution in [0.3, 0.4) is 0 Å². The molecule has 1 aliphatic rings. The van der Waals surface area contributed by atoms with Crippen LogP contribution in [0.25, 0.3) is 10.9 Å². The maximum Gasteiger partial charge on any atom is 0.262 e. The third kappa shape index (κ3) is 4.65. The molecule has 1 N–H and O–H groups in total. The van der Waals surface area contributed by atoms with Gasteiger partial charge in [-0.3, -0.25) is 14.2 Å². The molecule has 1 aromatic heterocycles. The average Bonchev–Trinajstić information content (AvgIpc) is 3.26. The van der Waals surface area contributed by atoms with Crippen LogP contribution in [0.1, 0.15) is 37.3 Å². The number of nitrogens with zero attached hydrogens (tertiary/aromatic N) is 2. The number of fused-ring (bicyclic) bond motifs is 1. The number of hydrogen-bond acceptors (Lipinski definition) is 4. The fraction of sp³-hybridized carbons (Fsp3) is 0.318. The molecule has 29 heavy (non-hydrogen) atoms. The van der Waals surface area contributed by atoms with Crippen LogP contribution in [0.2, 0.25) is 5.02 Å². The Morgan fingerprint density at radius 2 is 1.86 bits per heavy atom. The van der Waals surface area contributed by atoms with E-state index in [2.05, 4.69) is 5.32 Å². The monoisotopic (exact) mass is 427 g/mol. The van der Waals surface area contributed by atoms with Gasteiger partial charge in [0.25, 0.3) is 5.56 Å². The van der Waals surface area contributed by atoms with E-state index in [1.807, 2.05) is 41.0 Å². The highest BCUT2D eigenvalue weighted by molar-refractivity contribution is 7.99. The zero-order valence-corrected chi connectivity index (χ0v) is 17.5. The minimum atomic E-state index is -0.0923. The minimum absolute atomic E-state index is 0.00780. The number of halogens is 1. The van der Waals surface area contributed by atoms with Gasteiger partial charge in [0, 0.05) is 17.6 Å². The Labute approximate surface area is 178 Å². The Bertz CT molecular complexity index is 1080. The molecule has 0 bridgehead atoms. The van der Waals surface area contributed by atoms with Gasteiger partial charge in [-0.25, -0.2) is 4.98 Å². The minimum Gasteiger partial charge on any atom is -0.351 e. The van der Waals surface area contributed by atoms with Crippen molar-refractivity contribution in [2.24, 2.45) is 0 Å². The zero-order chi connectivity index (χ0) is 20.2. The molecule has 7 heteroatoms. The smallest absolute Gasteiger partial charge is 0.262 e. The Morgan fingerprint density at radius 3 is 2.62 bits per heavy atom. The Balaban J connectivity index is 1.50. The van der Waals surface area contributed by atoms with Crippen molar-refractivity contribution in [2.75, 3.05) is 5.75 Å². The SMILES string of the molecule is O=C(CSc1nc2ccccc2c(=O)n1C1CCCC1)NCc1ccc(Cl)cc1. The number of nitrogens with one attached hydrogen (secondary N) is 1. The van der Waals surface area contributed by atoms with Crippen molar-refractivity contribution < 1.29 is 4.79 Å². The van der Waals surface area contributed by atoms with Gasteiger partial charge in [-0.05, 0) is 42.7 Å². The number of benzene rings is 2. The van der Waals surface area contributed by atoms with Crippen molar-refractivity contribution in [3.05, 3.63) is 69.5 Å². The first-order valence-corrected chi connectivity index (χ1v) is 11.1. The summed E-state index contributed by atoms with van der Waals surface area (Å²) in [6, 6.07) is 15.0. The van der Waals surface area contributed by atoms with Gasteiger partial charge in [-0.15, -0.1) is 0 Å². The highest BCUT2D eigenvalue weighted by Gasteiger charge is 2.23. The van der Waals surface area contributed by atoms with Crippen molar-refractivity contribution >= 4 is 40.2 Å². The van der Waals surface area contributed by atoms with Crippen molar-refractivity contribution in [3.63, 3.8) is 0 Å². The summed E-state index contributed by atoms with van der Waals surface area (Å²) in [6.07, 6.45) is 4.21. The Morgan fingerprint density at radius 1 is 1.14 bits per heavy atom. The molecule has 1 fully saturated rings. The summed E-state index contributed by atoms with van der Waals surface area (Å²) in [4.78, 5) is 30.2. The zero-order valence-electron chi connectivity index (χ0n) is 15.9. The van der Waals surface area contributed by atoms with Gasteiger partial charge in [0.15, 0.2) is 5.16 Å². The number of aromatic nitrogens is 2. The molecule has 0 unspecified atom stereocenters. The van der Waals surface area contributed by atoms with Gasteiger partial charge in [-0.2, -0.15) is 0 Å². The average molecular weight is 428 g/mol. The summed E-state index contributed by atoms with van der Waals surface area (Å²) >= 11 is 7.22. The molecule has 0 atom stereocenters. The fourth-order valence-electron chi connectivity index (χ4n) is 3.70. The largest absolute Gasteiger partial charge is 0.351 e. The molecule has 3 aromatic rings. The standard InChI is InChI=1S/C22H22ClN3O2S/c23-16-11-9-15(10-12-16)13-24-20(27)14-29-22-25-19-8-4-3-7-18(19)21(28)26(22)17-5-1-2-6-17/h3-4,7-12,17H,1-2,5-6,13-14H2,(H,24,27). The van der Waals surface area contributed by atoms with Gasteiger partial charge < -0.3 is 5.32 Å². The van der Waals surface area contributed by atoms with Crippen LogP contribution in [0.5, 0.6) is 0 Å². The number of para-hydroxylation sites is 1. The lowest BCUT2D eigenvalue weighted by Crippen LogP contribution is -2.28. The van der Waals surface area contributed by atoms with Crippen molar-refractivity contribution in [2.45, 2.75) is 43.4 Å². The molecule has 4 rings (SSSR count). The fourth-order valence-corrected chi connectivity index (χ4v) is 4.72. The molecule has 5 nitrogen and oxygen atoms in total. The highest BCUT2D eigenvalue weighted by atomic mass is 35.5. The Hall–Kier alpha value is -2.31. The topological polar surface area (TPSA) is 64.0 Å². The van der Waals surface area contributed by atoms with E-state index in [-0.39, 0.29) is 23.3 Å². The lowest BCUT2D eigenvalue weighted by molar-refractivity contribution is -0.118. The van der Waals surface area contributed by atoms with Gasteiger partial charge in [-0.1, -0.05) is 60.5 Å². The van der Waals surface area contributed by atoms with Crippen LogP contribution < -0.4 is 10.9 Å². The molecular formula is C22H22ClN3O2S. The third-order valence-corrected chi connectivity index (χ3v) is 6.41. The molecule has 0 spiro atoms. The van der Waals surface area contributed by atoms with E-state index in [9.17, 15) is 9.59 Å². The van der Waals surface area contributed by atoms with Crippen molar-refractivity contribution in [1.29, 1.82) is 0 Å². The van der Waals surface area contributed by atoms with E-state index >= 15 is 0 Å². The quantitative estimate of drug-likeness (QED) is 0.462. The molecule has 2 aromatic carbocycles. The third-order valence-electron chi connectivity index (χ3n) is 5.20. The summed E-state index contributed by atoms with van der Waals surface area (Å²) in [5.74, 6) is 0.121. The predicted octanol–water partition coefficient (Wildman–Crippen LogP) is 4.57. The van der Waals surface area contributed by atoms with Crippen LogP contribution in [-0.4, -0.2) is 21.2 Å². The lowest BCUT2D eigenvalue weighted by atomic mass is 10.2. The normalized spacial score (nSPS) is 14.4. The van der Waals surface area contributed by atoms with Crippen LogP contribution >= 0.6 is 23.4 Å². The van der Waals surface area contributed by atoms with E-state index < -0.39 is 0 Å². The van der Waals surface area contributed by atoms with Crippen LogP contribution in [0, 0.1) is 0 Å². The molecular weight excluding hydrogens is 406 g/mol. The van der Waals surface area contributed by atoms with Crippen molar-refractivity contribution in [1.82, 2.24) is 14.9 Å². The van der Waals surface area contributed by atoms with Crippen molar-refractivity contribution in [3.8, 4) is 0 Å². The summed E-state index contributed by atoms with van der Waals surface area (Å²) in [5, 5.41) is 4.84. The number of rotatable bonds is 6. The highest BCUT2D eigenvalue weighted by Crippen LogP contribution is 2.32. The summed E-state index contributed by atoms with van der Waals surface area (Å²) in [7, 11) is 0. The number of amides is 1. The molecule has 1 amide bonds. The van der Waals surface area contributed by atoms with E-state index in [0.29, 0.717) is 27.6 Å². The summed E-state index contributed by atoms with van der Waals surface area (Å²) < 4.78 is 1.81. The molecule has 0 radical (unpaired) electrons. The maximum atomic E-state index is 13.1. The van der Waals surface area contributed by atoms with E-state index in [1.54, 1.807) is 12.1 Å². The first-order valence-electron chi connectivity index (χ1n) is 9.77. The number of carbonyl (C=O) groups excluding carboxylic acids is 1. The number of thioether (sulfide) groups is 1. The second-order valence-electron chi connectivity index (χ2n) is 7.22. The first kappa shape index (κ1) is 20.0.